The highest BCUT2D eigenvalue weighted by Crippen LogP contribution is 1.90. The fraction of sp³-hybridized carbons (Fsp3) is 1.00. The highest BCUT2D eigenvalue weighted by molar-refractivity contribution is 4.59. The SMILES string of the molecule is OCCN(CCO)CCN(CO)CO. The van der Waals surface area contributed by atoms with Gasteiger partial charge in [0.1, 0.15) is 0 Å². The Kier molecular flexibility index (Phi) is 9.16. The van der Waals surface area contributed by atoms with Crippen molar-refractivity contribution in [3.63, 3.8) is 0 Å². The van der Waals surface area contributed by atoms with Crippen molar-refractivity contribution in [1.29, 1.82) is 0 Å². The molecular formula is C8H20N2O4. The van der Waals surface area contributed by atoms with Gasteiger partial charge in [-0.25, -0.2) is 0 Å². The van der Waals surface area contributed by atoms with Gasteiger partial charge in [0, 0.05) is 26.2 Å². The van der Waals surface area contributed by atoms with Crippen LogP contribution in [0.25, 0.3) is 0 Å². The molecule has 0 fully saturated rings. The normalized spacial score (nSPS) is 11.6. The van der Waals surface area contributed by atoms with E-state index in [1.807, 2.05) is 4.90 Å². The summed E-state index contributed by atoms with van der Waals surface area (Å²) in [5.41, 5.74) is 0. The van der Waals surface area contributed by atoms with Gasteiger partial charge in [0.05, 0.1) is 26.7 Å². The van der Waals surface area contributed by atoms with E-state index in [0.717, 1.165) is 0 Å². The summed E-state index contributed by atoms with van der Waals surface area (Å²) in [5, 5.41) is 34.9. The molecule has 86 valence electrons. The van der Waals surface area contributed by atoms with Gasteiger partial charge < -0.3 is 20.4 Å². The molecule has 0 saturated heterocycles. The van der Waals surface area contributed by atoms with Crippen LogP contribution in [0.15, 0.2) is 0 Å². The van der Waals surface area contributed by atoms with Crippen molar-refractivity contribution in [1.82, 2.24) is 9.80 Å². The van der Waals surface area contributed by atoms with Gasteiger partial charge in [0.25, 0.3) is 0 Å². The average Bonchev–Trinajstić information content (AvgIpc) is 2.20. The van der Waals surface area contributed by atoms with Crippen LogP contribution in [-0.4, -0.2) is 83.1 Å². The molecule has 6 heteroatoms. The molecule has 0 unspecified atom stereocenters. The summed E-state index contributed by atoms with van der Waals surface area (Å²) in [7, 11) is 0. The van der Waals surface area contributed by atoms with Gasteiger partial charge >= 0.3 is 0 Å². The number of rotatable bonds is 9. The highest BCUT2D eigenvalue weighted by Gasteiger charge is 2.06. The van der Waals surface area contributed by atoms with Crippen LogP contribution in [0.3, 0.4) is 0 Å². The van der Waals surface area contributed by atoms with Crippen LogP contribution in [0.1, 0.15) is 0 Å². The lowest BCUT2D eigenvalue weighted by molar-refractivity contribution is 0.0204. The van der Waals surface area contributed by atoms with Gasteiger partial charge in [-0.15, -0.1) is 0 Å². The Morgan fingerprint density at radius 3 is 1.36 bits per heavy atom. The standard InChI is InChI=1S/C8H20N2O4/c11-5-3-9(4-6-12)1-2-10(7-13)8-14/h11-14H,1-8H2. The number of hydrogen-bond donors (Lipinski definition) is 4. The van der Waals surface area contributed by atoms with Crippen molar-refractivity contribution in [2.24, 2.45) is 0 Å². The molecule has 0 spiro atoms. The van der Waals surface area contributed by atoms with Gasteiger partial charge in [-0.2, -0.15) is 0 Å². The summed E-state index contributed by atoms with van der Waals surface area (Å²) < 4.78 is 0. The smallest absolute Gasteiger partial charge is 0.0974 e. The maximum absolute atomic E-state index is 8.75. The Morgan fingerprint density at radius 1 is 0.571 bits per heavy atom. The molecule has 0 radical (unpaired) electrons. The van der Waals surface area contributed by atoms with E-state index in [-0.39, 0.29) is 26.7 Å². The first-order valence-electron chi connectivity index (χ1n) is 4.66. The van der Waals surface area contributed by atoms with Gasteiger partial charge in [-0.05, 0) is 0 Å². The van der Waals surface area contributed by atoms with E-state index in [0.29, 0.717) is 26.2 Å². The third-order valence-electron chi connectivity index (χ3n) is 1.96. The molecule has 6 nitrogen and oxygen atoms in total. The number of hydrogen-bond acceptors (Lipinski definition) is 6. The van der Waals surface area contributed by atoms with Gasteiger partial charge in [0.2, 0.25) is 0 Å². The second-order valence-corrected chi connectivity index (χ2v) is 2.97. The van der Waals surface area contributed by atoms with Crippen molar-refractivity contribution in [2.45, 2.75) is 0 Å². The largest absolute Gasteiger partial charge is 0.395 e. The van der Waals surface area contributed by atoms with E-state index < -0.39 is 0 Å². The summed E-state index contributed by atoms with van der Waals surface area (Å²) in [6, 6.07) is 0. The molecule has 4 N–H and O–H groups in total. The second kappa shape index (κ2) is 9.32. The predicted molar refractivity (Wildman–Crippen MR) is 51.5 cm³/mol. The van der Waals surface area contributed by atoms with Crippen LogP contribution >= 0.6 is 0 Å². The number of aliphatic hydroxyl groups excluding tert-OH is 4. The minimum absolute atomic E-state index is 0.0399. The molecule has 0 aromatic rings. The lowest BCUT2D eigenvalue weighted by atomic mass is 10.4. The van der Waals surface area contributed by atoms with E-state index in [4.69, 9.17) is 20.4 Å². The maximum atomic E-state index is 8.75. The van der Waals surface area contributed by atoms with Crippen molar-refractivity contribution in [3.8, 4) is 0 Å². The molecule has 0 amide bonds. The first-order valence-corrected chi connectivity index (χ1v) is 4.66. The number of aliphatic hydroxyl groups is 4. The minimum Gasteiger partial charge on any atom is -0.395 e. The molecule has 0 aromatic heterocycles. The Balaban J connectivity index is 3.67. The summed E-state index contributed by atoms with van der Waals surface area (Å²) in [4.78, 5) is 3.31. The van der Waals surface area contributed by atoms with Gasteiger partial charge in [-0.3, -0.25) is 9.80 Å². The van der Waals surface area contributed by atoms with Crippen LogP contribution < -0.4 is 0 Å². The molecule has 0 heterocycles. The van der Waals surface area contributed by atoms with Crippen molar-refractivity contribution in [2.75, 3.05) is 52.9 Å². The molecule has 0 aromatic carbocycles. The predicted octanol–water partition coefficient (Wildman–Crippen LogP) is -2.53. The van der Waals surface area contributed by atoms with Gasteiger partial charge in [-0.1, -0.05) is 0 Å². The van der Waals surface area contributed by atoms with Crippen molar-refractivity contribution < 1.29 is 20.4 Å². The fourth-order valence-electron chi connectivity index (χ4n) is 1.09. The van der Waals surface area contributed by atoms with E-state index in [2.05, 4.69) is 0 Å². The van der Waals surface area contributed by atoms with E-state index >= 15 is 0 Å². The zero-order chi connectivity index (χ0) is 10.8. The van der Waals surface area contributed by atoms with Crippen LogP contribution in [0.2, 0.25) is 0 Å². The lowest BCUT2D eigenvalue weighted by Gasteiger charge is -2.23. The molecule has 0 rings (SSSR count). The third kappa shape index (κ3) is 6.25. The molecule has 0 bridgehead atoms. The summed E-state index contributed by atoms with van der Waals surface area (Å²) in [6.07, 6.45) is 0. The molecule has 0 aliphatic rings. The summed E-state index contributed by atoms with van der Waals surface area (Å²) in [5.74, 6) is 0. The molecule has 14 heavy (non-hydrogen) atoms. The topological polar surface area (TPSA) is 87.4 Å². The third-order valence-corrected chi connectivity index (χ3v) is 1.96. The highest BCUT2D eigenvalue weighted by atomic mass is 16.3. The Labute approximate surface area is 84.0 Å². The van der Waals surface area contributed by atoms with E-state index in [9.17, 15) is 0 Å². The molecular weight excluding hydrogens is 188 g/mol. The quantitative estimate of drug-likeness (QED) is 0.313. The van der Waals surface area contributed by atoms with E-state index in [1.54, 1.807) is 0 Å². The first kappa shape index (κ1) is 13.8. The molecule has 0 aliphatic carbocycles. The number of nitrogens with zero attached hydrogens (tertiary/aromatic N) is 2. The minimum atomic E-state index is -0.192. The first-order chi connectivity index (χ1) is 6.78. The van der Waals surface area contributed by atoms with Crippen LogP contribution in [0.4, 0.5) is 0 Å². The Morgan fingerprint density at radius 2 is 1.00 bits per heavy atom. The monoisotopic (exact) mass is 208 g/mol. The Hall–Kier alpha value is -0.240. The van der Waals surface area contributed by atoms with E-state index in [1.165, 1.54) is 4.90 Å². The molecule has 0 aliphatic heterocycles. The summed E-state index contributed by atoms with van der Waals surface area (Å²) in [6.45, 7) is 1.79. The summed E-state index contributed by atoms with van der Waals surface area (Å²) >= 11 is 0. The van der Waals surface area contributed by atoms with Crippen LogP contribution in [0.5, 0.6) is 0 Å². The van der Waals surface area contributed by atoms with Crippen molar-refractivity contribution in [3.05, 3.63) is 0 Å². The van der Waals surface area contributed by atoms with Gasteiger partial charge in [0.15, 0.2) is 0 Å². The lowest BCUT2D eigenvalue weighted by Crippen LogP contribution is -2.38. The maximum Gasteiger partial charge on any atom is 0.0974 e. The van der Waals surface area contributed by atoms with Crippen LogP contribution in [-0.2, 0) is 0 Å². The van der Waals surface area contributed by atoms with Crippen LogP contribution in [0, 0.1) is 0 Å². The molecule has 0 atom stereocenters. The second-order valence-electron chi connectivity index (χ2n) is 2.97. The van der Waals surface area contributed by atoms with Crippen molar-refractivity contribution >= 4 is 0 Å². The zero-order valence-corrected chi connectivity index (χ0v) is 8.34. The zero-order valence-electron chi connectivity index (χ0n) is 8.34. The Bertz CT molecular complexity index is 116. The average molecular weight is 208 g/mol. The fourth-order valence-corrected chi connectivity index (χ4v) is 1.09. The molecule has 0 saturated carbocycles.